The molecule has 120 valence electrons. The van der Waals surface area contributed by atoms with Crippen molar-refractivity contribution in [3.05, 3.63) is 71.3 Å². The zero-order valence-electron chi connectivity index (χ0n) is 12.8. The highest BCUT2D eigenvalue weighted by molar-refractivity contribution is 7.89. The van der Waals surface area contributed by atoms with E-state index in [0.29, 0.717) is 5.56 Å². The van der Waals surface area contributed by atoms with E-state index in [2.05, 4.69) is 0 Å². The molecule has 2 aromatic rings. The molecule has 23 heavy (non-hydrogen) atoms. The van der Waals surface area contributed by atoms with E-state index in [1.54, 1.807) is 31.2 Å². The number of aryl methyl sites for hydroxylation is 2. The van der Waals surface area contributed by atoms with E-state index < -0.39 is 10.0 Å². The fraction of sp³-hybridized carbons (Fsp3) is 0.118. The summed E-state index contributed by atoms with van der Waals surface area (Å²) in [5.74, 6) is 0. The molecule has 0 heterocycles. The molecule has 0 saturated carbocycles. The first-order chi connectivity index (χ1) is 10.9. The highest BCUT2D eigenvalue weighted by Crippen LogP contribution is 2.13. The van der Waals surface area contributed by atoms with Gasteiger partial charge in [-0.3, -0.25) is 0 Å². The summed E-state index contributed by atoms with van der Waals surface area (Å²) in [6.45, 7) is 3.70. The lowest BCUT2D eigenvalue weighted by Crippen LogP contribution is -2.26. The van der Waals surface area contributed by atoms with Gasteiger partial charge < -0.3 is 4.84 Å². The van der Waals surface area contributed by atoms with Gasteiger partial charge in [-0.1, -0.05) is 54.1 Å². The van der Waals surface area contributed by atoms with E-state index in [1.807, 2.05) is 36.1 Å². The van der Waals surface area contributed by atoms with E-state index in [-0.39, 0.29) is 9.95 Å². The minimum Gasteiger partial charge on any atom is -0.382 e. The van der Waals surface area contributed by atoms with E-state index in [9.17, 15) is 8.42 Å². The summed E-state index contributed by atoms with van der Waals surface area (Å²) in [6, 6.07) is 14.5. The van der Waals surface area contributed by atoms with Crippen LogP contribution in [0.4, 0.5) is 0 Å². The molecule has 0 aliphatic rings. The van der Waals surface area contributed by atoms with E-state index in [0.717, 1.165) is 11.1 Å². The van der Waals surface area contributed by atoms with Gasteiger partial charge in [0.2, 0.25) is 5.05 Å². The van der Waals surface area contributed by atoms with Crippen molar-refractivity contribution in [1.82, 2.24) is 4.89 Å². The number of hydrogen-bond acceptors (Lipinski definition) is 4. The maximum atomic E-state index is 12.2. The summed E-state index contributed by atoms with van der Waals surface area (Å²) in [5.41, 5.74) is 2.71. The maximum Gasteiger partial charge on any atom is 0.271 e. The second-order valence-electron chi connectivity index (χ2n) is 5.02. The third-order valence-corrected chi connectivity index (χ3v) is 4.65. The van der Waals surface area contributed by atoms with Crippen LogP contribution in [0.1, 0.15) is 16.7 Å². The van der Waals surface area contributed by atoms with Crippen LogP contribution in [0.2, 0.25) is 0 Å². The number of sulfonamides is 1. The standard InChI is InChI=1S/C17H17NO3S2/c1-13-6-5-8-15(12-13)10-11-17(22)21-18-23(19,20)16-9-4-3-7-14(16)2/h3-12,18H,1-2H3. The first kappa shape index (κ1) is 17.3. The Bertz CT molecular complexity index is 842. The average Bonchev–Trinajstić information content (AvgIpc) is 2.51. The van der Waals surface area contributed by atoms with Gasteiger partial charge in [-0.05, 0) is 54.2 Å². The van der Waals surface area contributed by atoms with Crippen molar-refractivity contribution < 1.29 is 13.3 Å². The summed E-state index contributed by atoms with van der Waals surface area (Å²) in [7, 11) is -3.77. The molecule has 0 aliphatic carbocycles. The molecule has 4 nitrogen and oxygen atoms in total. The smallest absolute Gasteiger partial charge is 0.271 e. The van der Waals surface area contributed by atoms with E-state index >= 15 is 0 Å². The third-order valence-electron chi connectivity index (χ3n) is 3.09. The van der Waals surface area contributed by atoms with Gasteiger partial charge in [-0.15, -0.1) is 0 Å². The second-order valence-corrected chi connectivity index (χ2v) is 7.04. The van der Waals surface area contributed by atoms with Crippen molar-refractivity contribution >= 4 is 33.4 Å². The number of hydrogen-bond donors (Lipinski definition) is 1. The summed E-state index contributed by atoms with van der Waals surface area (Å²) < 4.78 is 24.3. The number of rotatable bonds is 5. The van der Waals surface area contributed by atoms with Gasteiger partial charge in [-0.2, -0.15) is 0 Å². The fourth-order valence-corrected chi connectivity index (χ4v) is 3.17. The van der Waals surface area contributed by atoms with Crippen LogP contribution >= 0.6 is 12.2 Å². The number of thiocarbonyl (C=S) groups is 1. The Morgan fingerprint density at radius 2 is 1.87 bits per heavy atom. The zero-order chi connectivity index (χ0) is 16.9. The highest BCUT2D eigenvalue weighted by atomic mass is 32.2. The molecule has 0 aromatic heterocycles. The van der Waals surface area contributed by atoms with Crippen molar-refractivity contribution in [2.24, 2.45) is 0 Å². The lowest BCUT2D eigenvalue weighted by atomic mass is 10.1. The van der Waals surface area contributed by atoms with Crippen molar-refractivity contribution in [2.75, 3.05) is 0 Å². The molecular weight excluding hydrogens is 330 g/mol. The van der Waals surface area contributed by atoms with Gasteiger partial charge in [0, 0.05) is 0 Å². The van der Waals surface area contributed by atoms with Gasteiger partial charge in [-0.25, -0.2) is 8.42 Å². The molecule has 0 saturated heterocycles. The molecule has 6 heteroatoms. The predicted octanol–water partition coefficient (Wildman–Crippen LogP) is 3.55. The van der Waals surface area contributed by atoms with Crippen LogP contribution in [0.3, 0.4) is 0 Å². The normalized spacial score (nSPS) is 11.6. The van der Waals surface area contributed by atoms with Crippen LogP contribution in [0.5, 0.6) is 0 Å². The van der Waals surface area contributed by atoms with Gasteiger partial charge in [0.15, 0.2) is 0 Å². The Kier molecular flexibility index (Phi) is 5.65. The summed E-state index contributed by atoms with van der Waals surface area (Å²) >= 11 is 5.00. The van der Waals surface area contributed by atoms with Gasteiger partial charge in [0.1, 0.15) is 0 Å². The molecule has 2 rings (SSSR count). The van der Waals surface area contributed by atoms with Crippen molar-refractivity contribution in [2.45, 2.75) is 18.7 Å². The van der Waals surface area contributed by atoms with Crippen molar-refractivity contribution in [3.63, 3.8) is 0 Å². The van der Waals surface area contributed by atoms with Crippen LogP contribution in [0.25, 0.3) is 6.08 Å². The minimum absolute atomic E-state index is 0.0312. The Balaban J connectivity index is 2.00. The first-order valence-electron chi connectivity index (χ1n) is 6.91. The van der Waals surface area contributed by atoms with E-state index in [4.69, 9.17) is 17.1 Å². The minimum atomic E-state index is -3.77. The molecule has 0 amide bonds. The summed E-state index contributed by atoms with van der Waals surface area (Å²) in [4.78, 5) is 7.18. The molecular formula is C17H17NO3S2. The number of nitrogens with one attached hydrogen (secondary N) is 1. The SMILES string of the molecule is Cc1cccc(C=CC(=S)ONS(=O)(=O)c2ccccc2C)c1. The molecule has 0 atom stereocenters. The van der Waals surface area contributed by atoms with Crippen molar-refractivity contribution in [1.29, 1.82) is 0 Å². The van der Waals surface area contributed by atoms with Crippen LogP contribution in [0.15, 0.2) is 59.5 Å². The van der Waals surface area contributed by atoms with E-state index in [1.165, 1.54) is 12.1 Å². The lowest BCUT2D eigenvalue weighted by Gasteiger charge is -2.09. The summed E-state index contributed by atoms with van der Waals surface area (Å²) in [5, 5.41) is 0.0312. The van der Waals surface area contributed by atoms with Crippen molar-refractivity contribution in [3.8, 4) is 0 Å². The highest BCUT2D eigenvalue weighted by Gasteiger charge is 2.17. The number of benzene rings is 2. The lowest BCUT2D eigenvalue weighted by molar-refractivity contribution is 0.265. The molecule has 0 aliphatic heterocycles. The monoisotopic (exact) mass is 347 g/mol. The predicted molar refractivity (Wildman–Crippen MR) is 95.4 cm³/mol. The third kappa shape index (κ3) is 4.99. The molecule has 1 N–H and O–H groups in total. The summed E-state index contributed by atoms with van der Waals surface area (Å²) in [6.07, 6.45) is 3.29. The maximum absolute atomic E-state index is 12.2. The van der Waals surface area contributed by atoms with Gasteiger partial charge in [0.25, 0.3) is 10.0 Å². The van der Waals surface area contributed by atoms with Crippen LogP contribution in [-0.2, 0) is 14.9 Å². The Morgan fingerprint density at radius 3 is 2.57 bits per heavy atom. The molecule has 0 bridgehead atoms. The van der Waals surface area contributed by atoms with Gasteiger partial charge >= 0.3 is 0 Å². The Labute approximate surface area is 141 Å². The quantitative estimate of drug-likeness (QED) is 0.510. The molecule has 0 radical (unpaired) electrons. The topological polar surface area (TPSA) is 55.4 Å². The molecule has 0 fully saturated rings. The average molecular weight is 347 g/mol. The molecule has 2 aromatic carbocycles. The Morgan fingerprint density at radius 1 is 1.13 bits per heavy atom. The zero-order valence-corrected chi connectivity index (χ0v) is 14.4. The fourth-order valence-electron chi connectivity index (χ4n) is 1.97. The Hall–Kier alpha value is -2.02. The first-order valence-corrected chi connectivity index (χ1v) is 8.80. The second kappa shape index (κ2) is 7.50. The largest absolute Gasteiger partial charge is 0.382 e. The molecule has 0 spiro atoms. The van der Waals surface area contributed by atoms with Crippen LogP contribution in [-0.4, -0.2) is 13.5 Å². The van der Waals surface area contributed by atoms with Crippen LogP contribution in [0, 0.1) is 13.8 Å². The van der Waals surface area contributed by atoms with Crippen LogP contribution < -0.4 is 4.89 Å². The van der Waals surface area contributed by atoms with Gasteiger partial charge in [0.05, 0.1) is 4.90 Å². The molecule has 0 unspecified atom stereocenters.